The van der Waals surface area contributed by atoms with Gasteiger partial charge in [-0.3, -0.25) is 9.48 Å². The van der Waals surface area contributed by atoms with Gasteiger partial charge in [0.1, 0.15) is 5.69 Å². The number of rotatable bonds is 7. The maximum Gasteiger partial charge on any atom is 0.257 e. The molecule has 0 aliphatic rings. The molecule has 0 aliphatic heterocycles. The maximum atomic E-state index is 13.0. The SMILES string of the molecule is CCN(CCO)C(=O)c1cn(Cc2ccccc2)nc1-c1ccc(Cl)cc1. The molecule has 2 aromatic carbocycles. The van der Waals surface area contributed by atoms with Crippen LogP contribution in [0.25, 0.3) is 11.3 Å². The number of amides is 1. The molecule has 0 atom stereocenters. The second-order valence-electron chi connectivity index (χ2n) is 6.19. The minimum absolute atomic E-state index is 0.0754. The lowest BCUT2D eigenvalue weighted by Gasteiger charge is -2.19. The van der Waals surface area contributed by atoms with Crippen LogP contribution in [0.2, 0.25) is 5.02 Å². The molecule has 1 N–H and O–H groups in total. The van der Waals surface area contributed by atoms with Gasteiger partial charge in [0.05, 0.1) is 18.7 Å². The van der Waals surface area contributed by atoms with Crippen molar-refractivity contribution in [2.24, 2.45) is 0 Å². The third-order valence-corrected chi connectivity index (χ3v) is 4.59. The summed E-state index contributed by atoms with van der Waals surface area (Å²) in [6.07, 6.45) is 1.78. The molecule has 0 saturated heterocycles. The van der Waals surface area contributed by atoms with Crippen molar-refractivity contribution in [1.82, 2.24) is 14.7 Å². The Kier molecular flexibility index (Phi) is 6.27. The van der Waals surface area contributed by atoms with Gasteiger partial charge in [0.15, 0.2) is 0 Å². The lowest BCUT2D eigenvalue weighted by Crippen LogP contribution is -2.33. The van der Waals surface area contributed by atoms with E-state index >= 15 is 0 Å². The number of aliphatic hydroxyl groups is 1. The molecule has 0 saturated carbocycles. The Morgan fingerprint density at radius 3 is 2.48 bits per heavy atom. The summed E-state index contributed by atoms with van der Waals surface area (Å²) in [4.78, 5) is 14.6. The summed E-state index contributed by atoms with van der Waals surface area (Å²) in [5, 5.41) is 14.5. The third kappa shape index (κ3) is 4.56. The molecule has 3 rings (SSSR count). The van der Waals surface area contributed by atoms with Crippen LogP contribution in [0.1, 0.15) is 22.8 Å². The molecule has 0 spiro atoms. The van der Waals surface area contributed by atoms with Crippen LogP contribution in [0.3, 0.4) is 0 Å². The van der Waals surface area contributed by atoms with Gasteiger partial charge in [-0.05, 0) is 24.6 Å². The molecule has 140 valence electrons. The van der Waals surface area contributed by atoms with E-state index in [1.165, 1.54) is 0 Å². The van der Waals surface area contributed by atoms with E-state index in [-0.39, 0.29) is 12.5 Å². The summed E-state index contributed by atoms with van der Waals surface area (Å²) < 4.78 is 1.78. The topological polar surface area (TPSA) is 58.4 Å². The zero-order valence-electron chi connectivity index (χ0n) is 15.2. The van der Waals surface area contributed by atoms with Gasteiger partial charge < -0.3 is 10.0 Å². The molecular formula is C21H22ClN3O2. The third-order valence-electron chi connectivity index (χ3n) is 4.34. The van der Waals surface area contributed by atoms with E-state index in [1.807, 2.05) is 49.4 Å². The highest BCUT2D eigenvalue weighted by atomic mass is 35.5. The Hall–Kier alpha value is -2.63. The molecule has 1 heterocycles. The molecule has 27 heavy (non-hydrogen) atoms. The molecule has 1 amide bonds. The number of nitrogens with zero attached hydrogens (tertiary/aromatic N) is 3. The fourth-order valence-corrected chi connectivity index (χ4v) is 3.07. The van der Waals surface area contributed by atoms with Gasteiger partial charge in [0.2, 0.25) is 0 Å². The molecule has 0 aliphatic carbocycles. The van der Waals surface area contributed by atoms with Crippen LogP contribution < -0.4 is 0 Å². The fraction of sp³-hybridized carbons (Fsp3) is 0.238. The largest absolute Gasteiger partial charge is 0.395 e. The second-order valence-corrected chi connectivity index (χ2v) is 6.63. The molecule has 0 bridgehead atoms. The molecule has 6 heteroatoms. The lowest BCUT2D eigenvalue weighted by molar-refractivity contribution is 0.0732. The first-order valence-electron chi connectivity index (χ1n) is 8.89. The van der Waals surface area contributed by atoms with Gasteiger partial charge in [-0.2, -0.15) is 5.10 Å². The Labute approximate surface area is 163 Å². The number of hydrogen-bond acceptors (Lipinski definition) is 3. The zero-order valence-corrected chi connectivity index (χ0v) is 15.9. The standard InChI is InChI=1S/C21H22ClN3O2/c1-2-24(12-13-26)21(27)19-15-25(14-16-6-4-3-5-7-16)23-20(19)17-8-10-18(22)11-9-17/h3-11,15,26H,2,12-14H2,1H3. The van der Waals surface area contributed by atoms with Gasteiger partial charge in [-0.15, -0.1) is 0 Å². The van der Waals surface area contributed by atoms with Crippen LogP contribution in [-0.2, 0) is 6.54 Å². The van der Waals surface area contributed by atoms with E-state index in [4.69, 9.17) is 11.6 Å². The first kappa shape index (κ1) is 19.1. The Morgan fingerprint density at radius 2 is 1.85 bits per heavy atom. The first-order valence-corrected chi connectivity index (χ1v) is 9.27. The van der Waals surface area contributed by atoms with E-state index < -0.39 is 0 Å². The molecule has 3 aromatic rings. The van der Waals surface area contributed by atoms with Crippen LogP contribution in [0.5, 0.6) is 0 Å². The van der Waals surface area contributed by atoms with Crippen molar-refractivity contribution in [2.45, 2.75) is 13.5 Å². The molecule has 1 aromatic heterocycles. The van der Waals surface area contributed by atoms with E-state index in [9.17, 15) is 9.90 Å². The van der Waals surface area contributed by atoms with Gasteiger partial charge >= 0.3 is 0 Å². The highest BCUT2D eigenvalue weighted by Gasteiger charge is 2.22. The van der Waals surface area contributed by atoms with Crippen molar-refractivity contribution in [1.29, 1.82) is 0 Å². The Bertz CT molecular complexity index is 892. The number of carbonyl (C=O) groups excluding carboxylic acids is 1. The number of halogens is 1. The molecule has 0 radical (unpaired) electrons. The summed E-state index contributed by atoms with van der Waals surface area (Å²) in [7, 11) is 0. The average molecular weight is 384 g/mol. The summed E-state index contributed by atoms with van der Waals surface area (Å²) >= 11 is 6.00. The van der Waals surface area contributed by atoms with Crippen molar-refractivity contribution in [3.8, 4) is 11.3 Å². The fourth-order valence-electron chi connectivity index (χ4n) is 2.94. The normalized spacial score (nSPS) is 10.8. The zero-order chi connectivity index (χ0) is 19.2. The highest BCUT2D eigenvalue weighted by Crippen LogP contribution is 2.25. The molecular weight excluding hydrogens is 362 g/mol. The van der Waals surface area contributed by atoms with E-state index in [0.29, 0.717) is 35.9 Å². The average Bonchev–Trinajstić information content (AvgIpc) is 3.10. The predicted octanol–water partition coefficient (Wildman–Crippen LogP) is 3.71. The predicted molar refractivity (Wildman–Crippen MR) is 107 cm³/mol. The van der Waals surface area contributed by atoms with E-state index in [1.54, 1.807) is 27.9 Å². The van der Waals surface area contributed by atoms with Crippen LogP contribution in [-0.4, -0.2) is 45.4 Å². The van der Waals surface area contributed by atoms with Crippen molar-refractivity contribution in [2.75, 3.05) is 19.7 Å². The number of carbonyl (C=O) groups is 1. The number of likely N-dealkylation sites (N-methyl/N-ethyl adjacent to an activating group) is 1. The van der Waals surface area contributed by atoms with Crippen molar-refractivity contribution in [3.05, 3.63) is 76.9 Å². The summed E-state index contributed by atoms with van der Waals surface area (Å²) in [6, 6.07) is 17.3. The highest BCUT2D eigenvalue weighted by molar-refractivity contribution is 6.30. The van der Waals surface area contributed by atoms with Crippen molar-refractivity contribution >= 4 is 17.5 Å². The number of aromatic nitrogens is 2. The van der Waals surface area contributed by atoms with Gasteiger partial charge in [0.25, 0.3) is 5.91 Å². The number of hydrogen-bond donors (Lipinski definition) is 1. The summed E-state index contributed by atoms with van der Waals surface area (Å²) in [6.45, 7) is 3.20. The lowest BCUT2D eigenvalue weighted by atomic mass is 10.1. The van der Waals surface area contributed by atoms with Crippen LogP contribution in [0, 0.1) is 0 Å². The molecule has 0 unspecified atom stereocenters. The Morgan fingerprint density at radius 1 is 1.15 bits per heavy atom. The quantitative estimate of drug-likeness (QED) is 0.676. The summed E-state index contributed by atoms with van der Waals surface area (Å²) in [5.74, 6) is -0.143. The maximum absolute atomic E-state index is 13.0. The first-order chi connectivity index (χ1) is 13.1. The van der Waals surface area contributed by atoms with Crippen LogP contribution in [0.15, 0.2) is 60.8 Å². The van der Waals surface area contributed by atoms with Gasteiger partial charge in [-0.25, -0.2) is 0 Å². The Balaban J connectivity index is 2.00. The van der Waals surface area contributed by atoms with E-state index in [0.717, 1.165) is 11.1 Å². The van der Waals surface area contributed by atoms with E-state index in [2.05, 4.69) is 5.10 Å². The second kappa shape index (κ2) is 8.84. The summed E-state index contributed by atoms with van der Waals surface area (Å²) in [5.41, 5.74) is 3.06. The number of aliphatic hydroxyl groups excluding tert-OH is 1. The van der Waals surface area contributed by atoms with Crippen LogP contribution >= 0.6 is 11.6 Å². The van der Waals surface area contributed by atoms with Crippen molar-refractivity contribution < 1.29 is 9.90 Å². The number of benzene rings is 2. The minimum atomic E-state index is -0.143. The minimum Gasteiger partial charge on any atom is -0.395 e. The van der Waals surface area contributed by atoms with Crippen LogP contribution in [0.4, 0.5) is 0 Å². The van der Waals surface area contributed by atoms with Gasteiger partial charge in [-0.1, -0.05) is 54.1 Å². The molecule has 5 nitrogen and oxygen atoms in total. The molecule has 0 fully saturated rings. The monoisotopic (exact) mass is 383 g/mol. The van der Waals surface area contributed by atoms with Crippen molar-refractivity contribution in [3.63, 3.8) is 0 Å². The smallest absolute Gasteiger partial charge is 0.257 e. The van der Waals surface area contributed by atoms with Gasteiger partial charge in [0, 0.05) is 29.9 Å².